The molecule has 0 radical (unpaired) electrons. The van der Waals surface area contributed by atoms with Gasteiger partial charge in [-0.25, -0.2) is 0 Å². The van der Waals surface area contributed by atoms with Crippen molar-refractivity contribution in [1.29, 1.82) is 0 Å². The second-order valence-electron chi connectivity index (χ2n) is 5.37. The van der Waals surface area contributed by atoms with E-state index in [1.807, 2.05) is 11.8 Å². The molecular weight excluding hydrogens is 281 g/mol. The smallest absolute Gasteiger partial charge is 0.377 e. The van der Waals surface area contributed by atoms with E-state index in [0.717, 1.165) is 12.5 Å². The molecular formula is C15H21F3N2O. The largest absolute Gasteiger partial charge is 0.416 e. The van der Waals surface area contributed by atoms with Gasteiger partial charge in [0, 0.05) is 32.3 Å². The van der Waals surface area contributed by atoms with Crippen LogP contribution in [0, 0.1) is 0 Å². The molecule has 2 rings (SSSR count). The summed E-state index contributed by atoms with van der Waals surface area (Å²) in [4.78, 5) is 2.00. The van der Waals surface area contributed by atoms with Crippen molar-refractivity contribution in [2.24, 2.45) is 5.73 Å². The lowest BCUT2D eigenvalue weighted by Gasteiger charge is -2.32. The van der Waals surface area contributed by atoms with Crippen molar-refractivity contribution in [2.75, 3.05) is 26.2 Å². The number of benzene rings is 1. The first-order chi connectivity index (χ1) is 9.93. The van der Waals surface area contributed by atoms with Gasteiger partial charge < -0.3 is 10.5 Å². The van der Waals surface area contributed by atoms with E-state index >= 15 is 0 Å². The Balaban J connectivity index is 2.33. The first-order valence-corrected chi connectivity index (χ1v) is 7.15. The third kappa shape index (κ3) is 3.96. The molecule has 1 aromatic carbocycles. The molecule has 2 N–H and O–H groups in total. The van der Waals surface area contributed by atoms with Crippen molar-refractivity contribution in [3.8, 4) is 0 Å². The van der Waals surface area contributed by atoms with Crippen LogP contribution in [0.2, 0.25) is 0 Å². The standard InChI is InChI=1S/C15H21F3N2O/c1-11-10-20(7-4-8-21-11)14(9-19)12-5-2-3-6-13(12)15(16,17)18/h2-3,5-6,11,14H,4,7-10,19H2,1H3. The predicted molar refractivity (Wildman–Crippen MR) is 74.8 cm³/mol. The van der Waals surface area contributed by atoms with Gasteiger partial charge in [-0.15, -0.1) is 0 Å². The molecule has 0 bridgehead atoms. The van der Waals surface area contributed by atoms with Crippen LogP contribution in [0.1, 0.15) is 30.5 Å². The normalized spacial score (nSPS) is 22.8. The summed E-state index contributed by atoms with van der Waals surface area (Å²) >= 11 is 0. The van der Waals surface area contributed by atoms with Gasteiger partial charge >= 0.3 is 6.18 Å². The van der Waals surface area contributed by atoms with Crippen molar-refractivity contribution in [3.05, 3.63) is 35.4 Å². The number of alkyl halides is 3. The van der Waals surface area contributed by atoms with Crippen molar-refractivity contribution >= 4 is 0 Å². The molecule has 1 saturated heterocycles. The van der Waals surface area contributed by atoms with Gasteiger partial charge in [0.1, 0.15) is 0 Å². The van der Waals surface area contributed by atoms with Crippen LogP contribution < -0.4 is 5.73 Å². The summed E-state index contributed by atoms with van der Waals surface area (Å²) in [5, 5.41) is 0. The van der Waals surface area contributed by atoms with Gasteiger partial charge in [0.2, 0.25) is 0 Å². The second-order valence-corrected chi connectivity index (χ2v) is 5.37. The maximum atomic E-state index is 13.2. The highest BCUT2D eigenvalue weighted by molar-refractivity contribution is 5.32. The summed E-state index contributed by atoms with van der Waals surface area (Å²) in [6, 6.07) is 5.25. The number of nitrogens with zero attached hydrogens (tertiary/aromatic N) is 1. The molecule has 1 heterocycles. The minimum absolute atomic E-state index is 0.000371. The zero-order valence-electron chi connectivity index (χ0n) is 12.1. The van der Waals surface area contributed by atoms with E-state index < -0.39 is 17.8 Å². The number of hydrogen-bond donors (Lipinski definition) is 1. The minimum atomic E-state index is -4.36. The first kappa shape index (κ1) is 16.3. The average Bonchev–Trinajstić information content (AvgIpc) is 2.64. The van der Waals surface area contributed by atoms with E-state index in [2.05, 4.69) is 0 Å². The molecule has 2 atom stereocenters. The maximum absolute atomic E-state index is 13.2. The van der Waals surface area contributed by atoms with Crippen LogP contribution in [0.4, 0.5) is 13.2 Å². The summed E-state index contributed by atoms with van der Waals surface area (Å²) in [6.07, 6.45) is -3.56. The number of rotatable bonds is 3. The Bertz CT molecular complexity index is 464. The fourth-order valence-corrected chi connectivity index (χ4v) is 2.83. The number of halogens is 3. The van der Waals surface area contributed by atoms with Crippen LogP contribution in [0.15, 0.2) is 24.3 Å². The van der Waals surface area contributed by atoms with E-state index in [-0.39, 0.29) is 18.2 Å². The highest BCUT2D eigenvalue weighted by Gasteiger charge is 2.36. The third-order valence-corrected chi connectivity index (χ3v) is 3.77. The van der Waals surface area contributed by atoms with Crippen molar-refractivity contribution in [3.63, 3.8) is 0 Å². The van der Waals surface area contributed by atoms with Crippen molar-refractivity contribution in [2.45, 2.75) is 31.7 Å². The predicted octanol–water partition coefficient (Wildman–Crippen LogP) is 2.82. The summed E-state index contributed by atoms with van der Waals surface area (Å²) in [7, 11) is 0. The molecule has 6 heteroatoms. The van der Waals surface area contributed by atoms with E-state index in [1.165, 1.54) is 12.1 Å². The maximum Gasteiger partial charge on any atom is 0.416 e. The lowest BCUT2D eigenvalue weighted by Crippen LogP contribution is -2.38. The van der Waals surface area contributed by atoms with E-state index in [4.69, 9.17) is 10.5 Å². The Kier molecular flexibility index (Phi) is 5.24. The van der Waals surface area contributed by atoms with Gasteiger partial charge in [0.05, 0.1) is 11.7 Å². The molecule has 3 nitrogen and oxygen atoms in total. The van der Waals surface area contributed by atoms with Crippen LogP contribution in [-0.2, 0) is 10.9 Å². The molecule has 1 fully saturated rings. The Morgan fingerprint density at radius 3 is 2.76 bits per heavy atom. The van der Waals surface area contributed by atoms with Crippen LogP contribution in [0.5, 0.6) is 0 Å². The first-order valence-electron chi connectivity index (χ1n) is 7.15. The Hall–Kier alpha value is -1.11. The summed E-state index contributed by atoms with van der Waals surface area (Å²) < 4.78 is 45.1. The van der Waals surface area contributed by atoms with Gasteiger partial charge in [-0.05, 0) is 25.0 Å². The highest BCUT2D eigenvalue weighted by Crippen LogP contribution is 2.36. The topological polar surface area (TPSA) is 38.5 Å². The zero-order chi connectivity index (χ0) is 15.5. The van der Waals surface area contributed by atoms with Crippen molar-refractivity contribution < 1.29 is 17.9 Å². The molecule has 21 heavy (non-hydrogen) atoms. The Labute approximate surface area is 122 Å². The molecule has 0 saturated carbocycles. The Morgan fingerprint density at radius 2 is 2.10 bits per heavy atom. The number of ether oxygens (including phenoxy) is 1. The summed E-state index contributed by atoms with van der Waals surface area (Å²) in [5.41, 5.74) is 5.45. The quantitative estimate of drug-likeness (QED) is 0.933. The monoisotopic (exact) mass is 302 g/mol. The van der Waals surface area contributed by atoms with Gasteiger partial charge in [-0.1, -0.05) is 18.2 Å². The molecule has 0 amide bonds. The van der Waals surface area contributed by atoms with Gasteiger partial charge in [0.15, 0.2) is 0 Å². The lowest BCUT2D eigenvalue weighted by molar-refractivity contribution is -0.138. The van der Waals surface area contributed by atoms with Gasteiger partial charge in [-0.3, -0.25) is 4.90 Å². The van der Waals surface area contributed by atoms with Crippen LogP contribution >= 0.6 is 0 Å². The van der Waals surface area contributed by atoms with Crippen LogP contribution in [-0.4, -0.2) is 37.2 Å². The fraction of sp³-hybridized carbons (Fsp3) is 0.600. The second kappa shape index (κ2) is 6.77. The van der Waals surface area contributed by atoms with Crippen LogP contribution in [0.3, 0.4) is 0 Å². The zero-order valence-corrected chi connectivity index (χ0v) is 12.1. The van der Waals surface area contributed by atoms with Gasteiger partial charge in [-0.2, -0.15) is 13.2 Å². The number of nitrogens with two attached hydrogens (primary N) is 1. The fourth-order valence-electron chi connectivity index (χ4n) is 2.83. The molecule has 0 aliphatic carbocycles. The molecule has 118 valence electrons. The van der Waals surface area contributed by atoms with Crippen LogP contribution in [0.25, 0.3) is 0 Å². The summed E-state index contributed by atoms with van der Waals surface area (Å²) in [5.74, 6) is 0. The summed E-state index contributed by atoms with van der Waals surface area (Å²) in [6.45, 7) is 4.00. The highest BCUT2D eigenvalue weighted by atomic mass is 19.4. The number of hydrogen-bond acceptors (Lipinski definition) is 3. The Morgan fingerprint density at radius 1 is 1.38 bits per heavy atom. The van der Waals surface area contributed by atoms with E-state index in [1.54, 1.807) is 6.07 Å². The van der Waals surface area contributed by atoms with E-state index in [9.17, 15) is 13.2 Å². The lowest BCUT2D eigenvalue weighted by atomic mass is 9.98. The third-order valence-electron chi connectivity index (χ3n) is 3.77. The molecule has 1 aromatic rings. The van der Waals surface area contributed by atoms with Gasteiger partial charge in [0.25, 0.3) is 0 Å². The molecule has 1 aliphatic rings. The molecule has 0 aromatic heterocycles. The molecule has 2 unspecified atom stereocenters. The molecule has 0 spiro atoms. The van der Waals surface area contributed by atoms with E-state index in [0.29, 0.717) is 19.7 Å². The molecule has 1 aliphatic heterocycles. The SMILES string of the molecule is CC1CN(C(CN)c2ccccc2C(F)(F)F)CCCO1. The van der Waals surface area contributed by atoms with Crippen molar-refractivity contribution in [1.82, 2.24) is 4.90 Å². The average molecular weight is 302 g/mol. The minimum Gasteiger partial charge on any atom is -0.377 e.